The number of rotatable bonds is 6. The number of hydrogen-bond donors (Lipinski definition) is 1. The Morgan fingerprint density at radius 1 is 1.43 bits per heavy atom. The van der Waals surface area contributed by atoms with Crippen LogP contribution in [-0.4, -0.2) is 16.5 Å². The van der Waals surface area contributed by atoms with Gasteiger partial charge in [-0.05, 0) is 25.1 Å². The van der Waals surface area contributed by atoms with Crippen LogP contribution in [-0.2, 0) is 6.54 Å². The third-order valence-electron chi connectivity index (χ3n) is 3.54. The molecule has 1 aromatic carbocycles. The second-order valence-corrected chi connectivity index (χ2v) is 4.87. The topological polar surface area (TPSA) is 60.1 Å². The molecule has 1 aromatic heterocycles. The van der Waals surface area contributed by atoms with E-state index >= 15 is 0 Å². The molecule has 0 spiro atoms. The molecule has 0 saturated heterocycles. The maximum Gasteiger partial charge on any atom is 0.305 e. The van der Waals surface area contributed by atoms with Crippen LogP contribution in [0.25, 0.3) is 0 Å². The standard InChI is InChI=1S/C15H18FN3O2/c1-3-13(17-2)11-7-8-18(9-11)10-12-5-4-6-14(15(12)16)19(20)21/h4-9,13,17H,3,10H2,1-2H3. The van der Waals surface area contributed by atoms with Gasteiger partial charge in [-0.2, -0.15) is 4.39 Å². The molecule has 2 aromatic rings. The van der Waals surface area contributed by atoms with Crippen molar-refractivity contribution in [2.75, 3.05) is 7.05 Å². The Morgan fingerprint density at radius 2 is 2.19 bits per heavy atom. The number of aromatic nitrogens is 1. The molecule has 21 heavy (non-hydrogen) atoms. The van der Waals surface area contributed by atoms with Gasteiger partial charge in [-0.15, -0.1) is 0 Å². The first-order valence-corrected chi connectivity index (χ1v) is 6.81. The number of halogens is 1. The average Bonchev–Trinajstić information content (AvgIpc) is 2.91. The Balaban J connectivity index is 2.23. The summed E-state index contributed by atoms with van der Waals surface area (Å²) in [5.74, 6) is -0.765. The van der Waals surface area contributed by atoms with Crippen LogP contribution in [0.15, 0.2) is 36.7 Å². The molecule has 2 rings (SSSR count). The normalized spacial score (nSPS) is 12.3. The van der Waals surface area contributed by atoms with Crippen LogP contribution in [0.4, 0.5) is 10.1 Å². The zero-order chi connectivity index (χ0) is 15.4. The third-order valence-corrected chi connectivity index (χ3v) is 3.54. The van der Waals surface area contributed by atoms with Gasteiger partial charge in [0, 0.05) is 30.1 Å². The fourth-order valence-electron chi connectivity index (χ4n) is 2.40. The highest BCUT2D eigenvalue weighted by Gasteiger charge is 2.17. The second kappa shape index (κ2) is 6.49. The highest BCUT2D eigenvalue weighted by atomic mass is 19.1. The Labute approximate surface area is 122 Å². The summed E-state index contributed by atoms with van der Waals surface area (Å²) in [4.78, 5) is 10.0. The third kappa shape index (κ3) is 3.28. The molecule has 1 unspecified atom stereocenters. The number of nitro benzene ring substituents is 1. The van der Waals surface area contributed by atoms with E-state index in [-0.39, 0.29) is 12.6 Å². The largest absolute Gasteiger partial charge is 0.349 e. The summed E-state index contributed by atoms with van der Waals surface area (Å²) >= 11 is 0. The quantitative estimate of drug-likeness (QED) is 0.656. The first-order chi connectivity index (χ1) is 10.1. The molecule has 0 amide bonds. The van der Waals surface area contributed by atoms with E-state index < -0.39 is 16.4 Å². The summed E-state index contributed by atoms with van der Waals surface area (Å²) < 4.78 is 15.9. The van der Waals surface area contributed by atoms with E-state index in [2.05, 4.69) is 12.2 Å². The van der Waals surface area contributed by atoms with Gasteiger partial charge in [0.25, 0.3) is 0 Å². The lowest BCUT2D eigenvalue weighted by Crippen LogP contribution is -2.14. The van der Waals surface area contributed by atoms with E-state index in [4.69, 9.17) is 0 Å². The van der Waals surface area contributed by atoms with Crippen molar-refractivity contribution in [3.8, 4) is 0 Å². The van der Waals surface area contributed by atoms with Gasteiger partial charge in [-0.25, -0.2) is 0 Å². The van der Waals surface area contributed by atoms with Gasteiger partial charge in [-0.3, -0.25) is 10.1 Å². The predicted octanol–water partition coefficient (Wildman–Crippen LogP) is 3.25. The Morgan fingerprint density at radius 3 is 2.81 bits per heavy atom. The smallest absolute Gasteiger partial charge is 0.305 e. The Bertz CT molecular complexity index is 636. The van der Waals surface area contributed by atoms with Crippen LogP contribution in [0.3, 0.4) is 0 Å². The zero-order valence-electron chi connectivity index (χ0n) is 12.0. The zero-order valence-corrected chi connectivity index (χ0v) is 12.0. The van der Waals surface area contributed by atoms with Crippen LogP contribution in [0.5, 0.6) is 0 Å². The monoisotopic (exact) mass is 291 g/mol. The van der Waals surface area contributed by atoms with E-state index in [1.807, 2.05) is 30.1 Å². The van der Waals surface area contributed by atoms with Crippen molar-refractivity contribution in [3.05, 3.63) is 63.7 Å². The van der Waals surface area contributed by atoms with Crippen molar-refractivity contribution in [1.82, 2.24) is 9.88 Å². The number of benzene rings is 1. The molecule has 0 aliphatic carbocycles. The molecule has 1 N–H and O–H groups in total. The fourth-order valence-corrected chi connectivity index (χ4v) is 2.40. The molecule has 5 nitrogen and oxygen atoms in total. The summed E-state index contributed by atoms with van der Waals surface area (Å²) in [5, 5.41) is 14.0. The van der Waals surface area contributed by atoms with Gasteiger partial charge in [-0.1, -0.05) is 19.1 Å². The lowest BCUT2D eigenvalue weighted by molar-refractivity contribution is -0.387. The summed E-state index contributed by atoms with van der Waals surface area (Å²) in [6, 6.07) is 6.47. The predicted molar refractivity (Wildman–Crippen MR) is 78.7 cm³/mol. The van der Waals surface area contributed by atoms with Crippen molar-refractivity contribution in [1.29, 1.82) is 0 Å². The lowest BCUT2D eigenvalue weighted by atomic mass is 10.1. The maximum absolute atomic E-state index is 14.0. The SMILES string of the molecule is CCC(NC)c1ccn(Cc2cccc([N+](=O)[O-])c2F)c1. The van der Waals surface area contributed by atoms with Gasteiger partial charge in [0.2, 0.25) is 5.82 Å². The van der Waals surface area contributed by atoms with Gasteiger partial charge in [0.05, 0.1) is 11.5 Å². The molecule has 0 aliphatic heterocycles. The molecule has 0 aliphatic rings. The highest BCUT2D eigenvalue weighted by Crippen LogP contribution is 2.22. The van der Waals surface area contributed by atoms with E-state index in [1.54, 1.807) is 6.07 Å². The number of hydrogen-bond acceptors (Lipinski definition) is 3. The van der Waals surface area contributed by atoms with Crippen molar-refractivity contribution >= 4 is 5.69 Å². The van der Waals surface area contributed by atoms with E-state index in [0.29, 0.717) is 5.56 Å². The molecule has 6 heteroatoms. The van der Waals surface area contributed by atoms with Crippen molar-refractivity contribution in [3.63, 3.8) is 0 Å². The summed E-state index contributed by atoms with van der Waals surface area (Å²) in [6.45, 7) is 2.35. The van der Waals surface area contributed by atoms with Crippen LogP contribution in [0, 0.1) is 15.9 Å². The summed E-state index contributed by atoms with van der Waals surface area (Å²) in [7, 11) is 1.89. The van der Waals surface area contributed by atoms with Gasteiger partial charge < -0.3 is 9.88 Å². The molecular formula is C15H18FN3O2. The Hall–Kier alpha value is -2.21. The minimum Gasteiger partial charge on any atom is -0.349 e. The van der Waals surface area contributed by atoms with Crippen LogP contribution in [0.2, 0.25) is 0 Å². The lowest BCUT2D eigenvalue weighted by Gasteiger charge is -2.11. The average molecular weight is 291 g/mol. The van der Waals surface area contributed by atoms with Crippen LogP contribution in [0.1, 0.15) is 30.5 Å². The minimum absolute atomic E-state index is 0.251. The highest BCUT2D eigenvalue weighted by molar-refractivity contribution is 5.37. The van der Waals surface area contributed by atoms with Crippen molar-refractivity contribution in [2.45, 2.75) is 25.9 Å². The van der Waals surface area contributed by atoms with Crippen molar-refractivity contribution in [2.24, 2.45) is 0 Å². The molecule has 0 fully saturated rings. The molecule has 0 bridgehead atoms. The van der Waals surface area contributed by atoms with Crippen molar-refractivity contribution < 1.29 is 9.31 Å². The van der Waals surface area contributed by atoms with Crippen LogP contribution >= 0.6 is 0 Å². The molecule has 0 radical (unpaired) electrons. The van der Waals surface area contributed by atoms with E-state index in [9.17, 15) is 14.5 Å². The van der Waals surface area contributed by atoms with Gasteiger partial charge >= 0.3 is 5.69 Å². The Kier molecular flexibility index (Phi) is 4.70. The molecular weight excluding hydrogens is 273 g/mol. The van der Waals surface area contributed by atoms with E-state index in [0.717, 1.165) is 12.0 Å². The molecule has 112 valence electrons. The van der Waals surface area contributed by atoms with Gasteiger partial charge in [0.15, 0.2) is 0 Å². The number of nitrogens with zero attached hydrogens (tertiary/aromatic N) is 2. The number of nitrogens with one attached hydrogen (secondary N) is 1. The second-order valence-electron chi connectivity index (χ2n) is 4.87. The number of nitro groups is 1. The summed E-state index contributed by atoms with van der Waals surface area (Å²) in [6.07, 6.45) is 4.74. The minimum atomic E-state index is -0.765. The molecule has 0 saturated carbocycles. The maximum atomic E-state index is 14.0. The van der Waals surface area contributed by atoms with E-state index in [1.165, 1.54) is 12.1 Å². The fraction of sp³-hybridized carbons (Fsp3) is 0.333. The molecule has 1 heterocycles. The molecule has 1 atom stereocenters. The first-order valence-electron chi connectivity index (χ1n) is 6.81. The summed E-state index contributed by atoms with van der Waals surface area (Å²) in [5.41, 5.74) is 0.941. The van der Waals surface area contributed by atoms with Crippen LogP contribution < -0.4 is 5.32 Å². The first kappa shape index (κ1) is 15.2. The van der Waals surface area contributed by atoms with Gasteiger partial charge in [0.1, 0.15) is 0 Å².